The first-order chi connectivity index (χ1) is 11.6. The van der Waals surface area contributed by atoms with E-state index >= 15 is 0 Å². The summed E-state index contributed by atoms with van der Waals surface area (Å²) >= 11 is 6.12. The molecule has 1 heterocycles. The average Bonchev–Trinajstić information content (AvgIpc) is 3.09. The van der Waals surface area contributed by atoms with Crippen molar-refractivity contribution in [3.63, 3.8) is 0 Å². The van der Waals surface area contributed by atoms with Crippen LogP contribution in [0.5, 0.6) is 0 Å². The largest absolute Gasteiger partial charge is 0.421 e. The molecule has 0 bridgehead atoms. The Balaban J connectivity index is 1.64. The number of halogens is 1. The second-order valence-electron chi connectivity index (χ2n) is 5.27. The summed E-state index contributed by atoms with van der Waals surface area (Å²) in [5.74, 6) is 0.762. The summed E-state index contributed by atoms with van der Waals surface area (Å²) in [7, 11) is 1.75. The van der Waals surface area contributed by atoms with Crippen molar-refractivity contribution in [3.8, 4) is 11.5 Å². The number of rotatable bonds is 5. The van der Waals surface area contributed by atoms with Gasteiger partial charge in [0.15, 0.2) is 0 Å². The highest BCUT2D eigenvalue weighted by molar-refractivity contribution is 6.33. The Labute approximate surface area is 144 Å². The molecule has 3 aromatic rings. The van der Waals surface area contributed by atoms with Crippen molar-refractivity contribution in [2.75, 3.05) is 11.9 Å². The molecule has 24 heavy (non-hydrogen) atoms. The van der Waals surface area contributed by atoms with Crippen LogP contribution >= 0.6 is 11.6 Å². The standard InChI is InChI=1S/C18H16ClN3O2/c1-22(13-7-3-2-4-8-13)17(23)12-11-16-20-21-18(24-16)14-9-5-6-10-15(14)19/h2-10H,11-12H2,1H3. The topological polar surface area (TPSA) is 59.2 Å². The van der Waals surface area contributed by atoms with Gasteiger partial charge in [-0.2, -0.15) is 0 Å². The number of amides is 1. The Kier molecular flexibility index (Phi) is 4.91. The van der Waals surface area contributed by atoms with Gasteiger partial charge in [0.25, 0.3) is 0 Å². The maximum atomic E-state index is 12.3. The molecule has 0 aliphatic heterocycles. The molecule has 3 rings (SSSR count). The molecule has 122 valence electrons. The third-order valence-electron chi connectivity index (χ3n) is 3.64. The van der Waals surface area contributed by atoms with Gasteiger partial charge in [0.2, 0.25) is 17.7 Å². The zero-order chi connectivity index (χ0) is 16.9. The Morgan fingerprint density at radius 3 is 2.54 bits per heavy atom. The molecular formula is C18H16ClN3O2. The summed E-state index contributed by atoms with van der Waals surface area (Å²) in [4.78, 5) is 13.9. The minimum absolute atomic E-state index is 0.0151. The van der Waals surface area contributed by atoms with Gasteiger partial charge in [-0.1, -0.05) is 41.9 Å². The molecule has 0 aliphatic carbocycles. The number of nitrogens with zero attached hydrogens (tertiary/aromatic N) is 3. The predicted octanol–water partition coefficient (Wildman–Crippen LogP) is 3.99. The first-order valence-electron chi connectivity index (χ1n) is 7.54. The number of hydrogen-bond donors (Lipinski definition) is 0. The Hall–Kier alpha value is -2.66. The minimum Gasteiger partial charge on any atom is -0.421 e. The highest BCUT2D eigenvalue weighted by Gasteiger charge is 2.15. The van der Waals surface area contributed by atoms with Gasteiger partial charge in [0.1, 0.15) is 0 Å². The van der Waals surface area contributed by atoms with E-state index in [1.165, 1.54) is 0 Å². The van der Waals surface area contributed by atoms with Crippen molar-refractivity contribution in [2.24, 2.45) is 0 Å². The van der Waals surface area contributed by atoms with E-state index in [4.69, 9.17) is 16.0 Å². The van der Waals surface area contributed by atoms with Gasteiger partial charge in [0, 0.05) is 25.6 Å². The highest BCUT2D eigenvalue weighted by Crippen LogP contribution is 2.26. The molecule has 1 aromatic heterocycles. The minimum atomic E-state index is -0.0151. The van der Waals surface area contributed by atoms with Crippen LogP contribution < -0.4 is 4.90 Å². The number of anilines is 1. The maximum absolute atomic E-state index is 12.3. The quantitative estimate of drug-likeness (QED) is 0.704. The summed E-state index contributed by atoms with van der Waals surface area (Å²) in [6, 6.07) is 16.7. The normalized spacial score (nSPS) is 10.6. The molecule has 0 spiro atoms. The average molecular weight is 342 g/mol. The van der Waals surface area contributed by atoms with Gasteiger partial charge in [-0.15, -0.1) is 10.2 Å². The molecular weight excluding hydrogens is 326 g/mol. The summed E-state index contributed by atoms with van der Waals surface area (Å²) in [6.07, 6.45) is 0.670. The highest BCUT2D eigenvalue weighted by atomic mass is 35.5. The van der Waals surface area contributed by atoms with Crippen LogP contribution in [0.1, 0.15) is 12.3 Å². The number of aryl methyl sites for hydroxylation is 1. The summed E-state index contributed by atoms with van der Waals surface area (Å²) in [5, 5.41) is 8.54. The first-order valence-corrected chi connectivity index (χ1v) is 7.92. The fourth-order valence-corrected chi connectivity index (χ4v) is 2.49. The van der Waals surface area contributed by atoms with Gasteiger partial charge < -0.3 is 9.32 Å². The van der Waals surface area contributed by atoms with Crippen LogP contribution in [-0.2, 0) is 11.2 Å². The molecule has 0 atom stereocenters. The van der Waals surface area contributed by atoms with Crippen molar-refractivity contribution < 1.29 is 9.21 Å². The van der Waals surface area contributed by atoms with Crippen molar-refractivity contribution in [3.05, 3.63) is 65.5 Å². The molecule has 0 fully saturated rings. The van der Waals surface area contributed by atoms with Gasteiger partial charge in [-0.05, 0) is 24.3 Å². The van der Waals surface area contributed by atoms with Gasteiger partial charge in [-0.25, -0.2) is 0 Å². The van der Waals surface area contributed by atoms with E-state index in [9.17, 15) is 4.79 Å². The number of hydrogen-bond acceptors (Lipinski definition) is 4. The lowest BCUT2D eigenvalue weighted by molar-refractivity contribution is -0.118. The number of para-hydroxylation sites is 1. The summed E-state index contributed by atoms with van der Waals surface area (Å²) in [5.41, 5.74) is 1.54. The Bertz CT molecular complexity index is 833. The lowest BCUT2D eigenvalue weighted by Gasteiger charge is -2.16. The molecule has 0 radical (unpaired) electrons. The number of carbonyl (C=O) groups excluding carboxylic acids is 1. The Morgan fingerprint density at radius 2 is 1.79 bits per heavy atom. The van der Waals surface area contributed by atoms with Gasteiger partial charge in [-0.3, -0.25) is 4.79 Å². The second-order valence-corrected chi connectivity index (χ2v) is 5.68. The van der Waals surface area contributed by atoms with Gasteiger partial charge >= 0.3 is 0 Å². The first kappa shape index (κ1) is 16.2. The SMILES string of the molecule is CN(C(=O)CCc1nnc(-c2ccccc2Cl)o1)c1ccccc1. The monoisotopic (exact) mass is 341 g/mol. The number of benzene rings is 2. The summed E-state index contributed by atoms with van der Waals surface area (Å²) in [6.45, 7) is 0. The van der Waals surface area contributed by atoms with E-state index < -0.39 is 0 Å². The lowest BCUT2D eigenvalue weighted by atomic mass is 10.2. The van der Waals surface area contributed by atoms with E-state index in [0.717, 1.165) is 5.69 Å². The molecule has 5 nitrogen and oxygen atoms in total. The van der Waals surface area contributed by atoms with Crippen molar-refractivity contribution in [1.82, 2.24) is 10.2 Å². The van der Waals surface area contributed by atoms with Crippen molar-refractivity contribution >= 4 is 23.2 Å². The van der Waals surface area contributed by atoms with E-state index in [-0.39, 0.29) is 12.3 Å². The van der Waals surface area contributed by atoms with Crippen LogP contribution in [0.15, 0.2) is 59.0 Å². The van der Waals surface area contributed by atoms with Crippen molar-refractivity contribution in [2.45, 2.75) is 12.8 Å². The third-order valence-corrected chi connectivity index (χ3v) is 3.97. The second kappa shape index (κ2) is 7.27. The number of aromatic nitrogens is 2. The molecule has 1 amide bonds. The van der Waals surface area contributed by atoms with Gasteiger partial charge in [0.05, 0.1) is 10.6 Å². The summed E-state index contributed by atoms with van der Waals surface area (Å²) < 4.78 is 5.61. The predicted molar refractivity (Wildman–Crippen MR) is 92.9 cm³/mol. The van der Waals surface area contributed by atoms with Crippen LogP contribution in [0.25, 0.3) is 11.5 Å². The number of carbonyl (C=O) groups is 1. The molecule has 0 N–H and O–H groups in total. The van der Waals surface area contributed by atoms with Crippen LogP contribution in [0.4, 0.5) is 5.69 Å². The molecule has 0 aliphatic rings. The molecule has 0 saturated heterocycles. The van der Waals surface area contributed by atoms with E-state index in [1.807, 2.05) is 48.5 Å². The fourth-order valence-electron chi connectivity index (χ4n) is 2.28. The molecule has 0 unspecified atom stereocenters. The fraction of sp³-hybridized carbons (Fsp3) is 0.167. The molecule has 6 heteroatoms. The molecule has 0 saturated carbocycles. The van der Waals surface area contributed by atoms with Crippen LogP contribution in [0.3, 0.4) is 0 Å². The van der Waals surface area contributed by atoms with Crippen LogP contribution in [0.2, 0.25) is 5.02 Å². The Morgan fingerprint density at radius 1 is 1.08 bits per heavy atom. The zero-order valence-corrected chi connectivity index (χ0v) is 13.9. The maximum Gasteiger partial charge on any atom is 0.249 e. The van der Waals surface area contributed by atoms with E-state index in [1.54, 1.807) is 18.0 Å². The molecule has 2 aromatic carbocycles. The van der Waals surface area contributed by atoms with Crippen LogP contribution in [-0.4, -0.2) is 23.2 Å². The third kappa shape index (κ3) is 3.63. The lowest BCUT2D eigenvalue weighted by Crippen LogP contribution is -2.26. The smallest absolute Gasteiger partial charge is 0.249 e. The van der Waals surface area contributed by atoms with E-state index in [0.29, 0.717) is 28.8 Å². The zero-order valence-electron chi connectivity index (χ0n) is 13.1. The van der Waals surface area contributed by atoms with Crippen molar-refractivity contribution in [1.29, 1.82) is 0 Å². The van der Waals surface area contributed by atoms with Crippen LogP contribution in [0, 0.1) is 0 Å². The van der Waals surface area contributed by atoms with E-state index in [2.05, 4.69) is 10.2 Å².